The number of esters is 1. The summed E-state index contributed by atoms with van der Waals surface area (Å²) < 4.78 is 5.31. The smallest absolute Gasteiger partial charge is 0.311 e. The second kappa shape index (κ2) is 8.65. The molecule has 0 aromatic heterocycles. The van der Waals surface area contributed by atoms with E-state index in [1.54, 1.807) is 6.92 Å². The number of carbonyl (C=O) groups excluding carboxylic acids is 2. The molecule has 1 atom stereocenters. The molecule has 1 N–H and O–H groups in total. The molecule has 138 valence electrons. The molecule has 0 unspecified atom stereocenters. The summed E-state index contributed by atoms with van der Waals surface area (Å²) in [7, 11) is 0. The van der Waals surface area contributed by atoms with E-state index >= 15 is 0 Å². The summed E-state index contributed by atoms with van der Waals surface area (Å²) in [5, 5.41) is 2.92. The molecular formula is C22H27NO3. The Kier molecular flexibility index (Phi) is 6.56. The summed E-state index contributed by atoms with van der Waals surface area (Å²) in [4.78, 5) is 24.6. The second-order valence-electron chi connectivity index (χ2n) is 6.98. The van der Waals surface area contributed by atoms with Gasteiger partial charge in [0, 0.05) is 5.69 Å². The van der Waals surface area contributed by atoms with Crippen molar-refractivity contribution in [1.82, 2.24) is 0 Å². The van der Waals surface area contributed by atoms with Crippen LogP contribution in [0.1, 0.15) is 48.9 Å². The molecule has 0 saturated carbocycles. The molecule has 4 nitrogen and oxygen atoms in total. The number of rotatable bonds is 6. The van der Waals surface area contributed by atoms with Gasteiger partial charge in [0.2, 0.25) is 0 Å². The van der Waals surface area contributed by atoms with E-state index < -0.39 is 12.1 Å². The zero-order chi connectivity index (χ0) is 19.3. The van der Waals surface area contributed by atoms with Crippen molar-refractivity contribution in [3.63, 3.8) is 0 Å². The Morgan fingerprint density at radius 1 is 1.00 bits per heavy atom. The van der Waals surface area contributed by atoms with Crippen LogP contribution in [0.15, 0.2) is 42.5 Å². The fourth-order valence-corrected chi connectivity index (χ4v) is 2.73. The van der Waals surface area contributed by atoms with E-state index in [2.05, 4.69) is 19.2 Å². The third-order valence-corrected chi connectivity index (χ3v) is 4.32. The van der Waals surface area contributed by atoms with Crippen LogP contribution < -0.4 is 5.32 Å². The summed E-state index contributed by atoms with van der Waals surface area (Å²) in [6.07, 6.45) is -0.702. The Bertz CT molecular complexity index is 778. The monoisotopic (exact) mass is 353 g/mol. The third kappa shape index (κ3) is 5.19. The van der Waals surface area contributed by atoms with E-state index in [0.717, 1.165) is 27.9 Å². The molecule has 0 fully saturated rings. The van der Waals surface area contributed by atoms with Crippen LogP contribution in [0, 0.1) is 13.8 Å². The first-order valence-corrected chi connectivity index (χ1v) is 8.93. The van der Waals surface area contributed by atoms with Crippen LogP contribution in [0.2, 0.25) is 0 Å². The standard InChI is InChI=1S/C22H27NO3/c1-14(2)19-8-6-7-16(4)21(19)23-22(25)17(5)26-20(24)13-18-11-9-15(3)10-12-18/h6-12,14,17H,13H2,1-5H3,(H,23,25)/t17-/m0/s1. The van der Waals surface area contributed by atoms with E-state index in [9.17, 15) is 9.59 Å². The SMILES string of the molecule is Cc1ccc(CC(=O)O[C@@H](C)C(=O)Nc2c(C)cccc2C(C)C)cc1. The normalized spacial score (nSPS) is 11.9. The van der Waals surface area contributed by atoms with E-state index in [-0.39, 0.29) is 18.2 Å². The average Bonchev–Trinajstić information content (AvgIpc) is 2.58. The van der Waals surface area contributed by atoms with Gasteiger partial charge in [-0.1, -0.05) is 61.9 Å². The van der Waals surface area contributed by atoms with Crippen molar-refractivity contribution in [2.45, 2.75) is 53.1 Å². The van der Waals surface area contributed by atoms with Crippen LogP contribution in [0.5, 0.6) is 0 Å². The van der Waals surface area contributed by atoms with Gasteiger partial charge in [-0.25, -0.2) is 0 Å². The van der Waals surface area contributed by atoms with E-state index in [0.29, 0.717) is 0 Å². The van der Waals surface area contributed by atoms with Crippen molar-refractivity contribution in [1.29, 1.82) is 0 Å². The quantitative estimate of drug-likeness (QED) is 0.776. The molecule has 0 saturated heterocycles. The number of hydrogen-bond donors (Lipinski definition) is 1. The van der Waals surface area contributed by atoms with E-state index in [1.807, 2.05) is 56.3 Å². The number of ether oxygens (including phenoxy) is 1. The molecule has 0 radical (unpaired) electrons. The largest absolute Gasteiger partial charge is 0.452 e. The Morgan fingerprint density at radius 3 is 2.27 bits per heavy atom. The Morgan fingerprint density at radius 2 is 1.65 bits per heavy atom. The summed E-state index contributed by atoms with van der Waals surface area (Å²) in [6, 6.07) is 13.6. The number of aryl methyl sites for hydroxylation is 2. The molecule has 0 bridgehead atoms. The van der Waals surface area contributed by atoms with Crippen molar-refractivity contribution in [2.75, 3.05) is 5.32 Å². The Balaban J connectivity index is 1.99. The van der Waals surface area contributed by atoms with Crippen molar-refractivity contribution in [3.8, 4) is 0 Å². The average molecular weight is 353 g/mol. The van der Waals surface area contributed by atoms with Crippen molar-refractivity contribution in [2.24, 2.45) is 0 Å². The predicted molar refractivity (Wildman–Crippen MR) is 104 cm³/mol. The van der Waals surface area contributed by atoms with Crippen molar-refractivity contribution < 1.29 is 14.3 Å². The van der Waals surface area contributed by atoms with Crippen LogP contribution in [-0.4, -0.2) is 18.0 Å². The number of nitrogens with one attached hydrogen (secondary N) is 1. The fourth-order valence-electron chi connectivity index (χ4n) is 2.73. The fraction of sp³-hybridized carbons (Fsp3) is 0.364. The summed E-state index contributed by atoms with van der Waals surface area (Å²) in [5.74, 6) is -0.451. The molecule has 0 aliphatic rings. The minimum absolute atomic E-state index is 0.152. The van der Waals surface area contributed by atoms with Crippen LogP contribution in [0.4, 0.5) is 5.69 Å². The topological polar surface area (TPSA) is 55.4 Å². The minimum atomic E-state index is -0.854. The van der Waals surface area contributed by atoms with E-state index in [1.165, 1.54) is 0 Å². The number of benzene rings is 2. The van der Waals surface area contributed by atoms with Gasteiger partial charge in [-0.05, 0) is 43.4 Å². The minimum Gasteiger partial charge on any atom is -0.452 e. The number of amides is 1. The lowest BCUT2D eigenvalue weighted by molar-refractivity contribution is -0.152. The van der Waals surface area contributed by atoms with Gasteiger partial charge in [0.15, 0.2) is 6.10 Å². The highest BCUT2D eigenvalue weighted by Crippen LogP contribution is 2.27. The van der Waals surface area contributed by atoms with Gasteiger partial charge >= 0.3 is 5.97 Å². The molecule has 0 aliphatic carbocycles. The molecule has 2 rings (SSSR count). The highest BCUT2D eigenvalue weighted by Gasteiger charge is 2.20. The van der Waals surface area contributed by atoms with Crippen LogP contribution >= 0.6 is 0 Å². The predicted octanol–water partition coefficient (Wildman–Crippen LogP) is 4.54. The van der Waals surface area contributed by atoms with Gasteiger partial charge in [-0.15, -0.1) is 0 Å². The van der Waals surface area contributed by atoms with Gasteiger partial charge in [-0.2, -0.15) is 0 Å². The van der Waals surface area contributed by atoms with Gasteiger partial charge < -0.3 is 10.1 Å². The highest BCUT2D eigenvalue weighted by molar-refractivity contribution is 5.96. The Hall–Kier alpha value is -2.62. The lowest BCUT2D eigenvalue weighted by Gasteiger charge is -2.19. The molecule has 2 aromatic carbocycles. The van der Waals surface area contributed by atoms with Gasteiger partial charge in [0.25, 0.3) is 5.91 Å². The summed E-state index contributed by atoms with van der Waals surface area (Å²) >= 11 is 0. The van der Waals surface area contributed by atoms with E-state index in [4.69, 9.17) is 4.74 Å². The second-order valence-corrected chi connectivity index (χ2v) is 6.98. The van der Waals surface area contributed by atoms with Gasteiger partial charge in [-0.3, -0.25) is 9.59 Å². The maximum absolute atomic E-state index is 12.5. The first kappa shape index (κ1) is 19.7. The molecule has 2 aromatic rings. The molecule has 1 amide bonds. The van der Waals surface area contributed by atoms with Crippen molar-refractivity contribution >= 4 is 17.6 Å². The first-order valence-electron chi connectivity index (χ1n) is 8.93. The number of para-hydroxylation sites is 1. The van der Waals surface area contributed by atoms with Crippen LogP contribution in [0.25, 0.3) is 0 Å². The van der Waals surface area contributed by atoms with Crippen molar-refractivity contribution in [3.05, 3.63) is 64.7 Å². The van der Waals surface area contributed by atoms with Gasteiger partial charge in [0.05, 0.1) is 6.42 Å². The molecule has 26 heavy (non-hydrogen) atoms. The zero-order valence-electron chi connectivity index (χ0n) is 16.1. The van der Waals surface area contributed by atoms with Crippen LogP contribution in [-0.2, 0) is 20.7 Å². The highest BCUT2D eigenvalue weighted by atomic mass is 16.5. The summed E-state index contributed by atoms with van der Waals surface area (Å²) in [5.41, 5.74) is 4.86. The molecule has 4 heteroatoms. The number of carbonyl (C=O) groups is 2. The molecular weight excluding hydrogens is 326 g/mol. The Labute approximate surface area is 155 Å². The maximum Gasteiger partial charge on any atom is 0.311 e. The molecule has 0 spiro atoms. The number of anilines is 1. The lowest BCUT2D eigenvalue weighted by atomic mass is 9.98. The van der Waals surface area contributed by atoms with Crippen LogP contribution in [0.3, 0.4) is 0 Å². The maximum atomic E-state index is 12.5. The molecule has 0 aliphatic heterocycles. The van der Waals surface area contributed by atoms with Gasteiger partial charge in [0.1, 0.15) is 0 Å². The lowest BCUT2D eigenvalue weighted by Crippen LogP contribution is -2.31. The summed E-state index contributed by atoms with van der Waals surface area (Å²) in [6.45, 7) is 9.70. The third-order valence-electron chi connectivity index (χ3n) is 4.32. The molecule has 0 heterocycles. The zero-order valence-corrected chi connectivity index (χ0v) is 16.1. The first-order chi connectivity index (χ1) is 12.3. The number of hydrogen-bond acceptors (Lipinski definition) is 3.